The summed E-state index contributed by atoms with van der Waals surface area (Å²) in [5.41, 5.74) is 0. The zero-order chi connectivity index (χ0) is 35.0. The van der Waals surface area contributed by atoms with Gasteiger partial charge in [0.15, 0.2) is 0 Å². The van der Waals surface area contributed by atoms with Crippen molar-refractivity contribution in [1.29, 1.82) is 0 Å². The largest absolute Gasteiger partial charge is 0.324 e. The molecule has 0 radical (unpaired) electrons. The first-order valence-electron chi connectivity index (χ1n) is 13.6. The highest BCUT2D eigenvalue weighted by atomic mass is 32.2. The van der Waals surface area contributed by atoms with Crippen molar-refractivity contribution in [3.63, 3.8) is 0 Å². The van der Waals surface area contributed by atoms with Crippen LogP contribution >= 0.6 is 7.14 Å². The number of hydrogen-bond acceptors (Lipinski definition) is 9. The summed E-state index contributed by atoms with van der Waals surface area (Å²) in [7, 11) is -4.31. The molecule has 0 aliphatic carbocycles. The zero-order valence-corrected chi connectivity index (χ0v) is 30.8. The van der Waals surface area contributed by atoms with Crippen LogP contribution in [0.4, 0.5) is 0 Å². The second-order valence-electron chi connectivity index (χ2n) is 11.0. The molecule has 0 unspecified atom stereocenters. The van der Waals surface area contributed by atoms with Crippen LogP contribution in [0.3, 0.4) is 0 Å². The third kappa shape index (κ3) is 287. The van der Waals surface area contributed by atoms with Crippen molar-refractivity contribution in [2.45, 2.75) is 121 Å². The lowest BCUT2D eigenvalue weighted by Gasteiger charge is -1.90. The number of carbonyl (C=O) groups is 6. The minimum absolute atomic E-state index is 0.0625. The molecular weight excluding hydrogens is 567 g/mol. The molecule has 0 aliphatic heterocycles. The molecule has 0 bridgehead atoms. The first-order chi connectivity index (χ1) is 18.0. The highest BCUT2D eigenvalue weighted by molar-refractivity contribution is 7.89. The Morgan fingerprint density at radius 2 is 0.805 bits per heavy atom. The fraction of sp³-hybridized carbons (Fsp3) is 0.800. The van der Waals surface area contributed by atoms with Crippen LogP contribution in [-0.2, 0) is 43.2 Å². The maximum Gasteiger partial charge on any atom is 0.144 e. The first-order valence-corrected chi connectivity index (χ1v) is 19.0. The summed E-state index contributed by atoms with van der Waals surface area (Å²) in [6, 6.07) is 0. The third-order valence-corrected chi connectivity index (χ3v) is 2.97. The molecule has 0 aromatic rings. The van der Waals surface area contributed by atoms with E-state index in [2.05, 4.69) is 20.8 Å². The smallest absolute Gasteiger partial charge is 0.144 e. The van der Waals surface area contributed by atoms with Gasteiger partial charge in [-0.3, -0.25) is 9.59 Å². The van der Waals surface area contributed by atoms with E-state index in [1.807, 2.05) is 6.92 Å². The summed E-state index contributed by atoms with van der Waals surface area (Å²) in [4.78, 5) is 60.2. The molecule has 0 saturated heterocycles. The van der Waals surface area contributed by atoms with Crippen LogP contribution in [0.2, 0.25) is 0 Å². The number of sulfone groups is 1. The molecule has 11 heteroatoms. The van der Waals surface area contributed by atoms with Crippen molar-refractivity contribution < 1.29 is 41.8 Å². The Bertz CT molecular complexity index is 807. The minimum Gasteiger partial charge on any atom is -0.324 e. The second kappa shape index (κ2) is 36.2. The molecule has 0 aliphatic rings. The highest BCUT2D eigenvalue weighted by Gasteiger charge is 1.96. The number of ketones is 6. The van der Waals surface area contributed by atoms with E-state index in [0.29, 0.717) is 19.3 Å². The van der Waals surface area contributed by atoms with Crippen LogP contribution in [0.15, 0.2) is 0 Å². The SMILES string of the molecule is CC(=O)CC(C)=O.CC(=O)CCCC(C)=O.CC(C)=O.CCC(C)C.CCCC(C)=O.CP(C)(C)=O.CS(C)(=O)=O. The molecule has 0 atom stereocenters. The average molecular weight is 631 g/mol. The molecule has 0 spiro atoms. The molecule has 0 rings (SSSR count). The molecule has 0 heterocycles. The summed E-state index contributed by atoms with van der Waals surface area (Å²) in [5, 5.41) is 0. The van der Waals surface area contributed by atoms with Crippen molar-refractivity contribution in [2.75, 3.05) is 32.5 Å². The van der Waals surface area contributed by atoms with Gasteiger partial charge in [-0.2, -0.15) is 0 Å². The van der Waals surface area contributed by atoms with E-state index in [9.17, 15) is 41.8 Å². The third-order valence-electron chi connectivity index (χ3n) is 2.97. The van der Waals surface area contributed by atoms with E-state index < -0.39 is 17.0 Å². The lowest BCUT2D eigenvalue weighted by molar-refractivity contribution is -0.125. The summed E-state index contributed by atoms with van der Waals surface area (Å²) in [6.45, 7) is 24.4. The van der Waals surface area contributed by atoms with E-state index in [4.69, 9.17) is 0 Å². The Morgan fingerprint density at radius 3 is 0.854 bits per heavy atom. The maximum atomic E-state index is 10.3. The summed E-state index contributed by atoms with van der Waals surface area (Å²) < 4.78 is 29.5. The van der Waals surface area contributed by atoms with Gasteiger partial charge in [-0.25, -0.2) is 8.42 Å². The number of rotatable bonds is 9. The van der Waals surface area contributed by atoms with Crippen molar-refractivity contribution in [1.82, 2.24) is 0 Å². The van der Waals surface area contributed by atoms with Crippen LogP contribution in [-0.4, -0.2) is 75.6 Å². The van der Waals surface area contributed by atoms with Gasteiger partial charge in [-0.15, -0.1) is 0 Å². The molecule has 0 fully saturated rings. The Morgan fingerprint density at radius 1 is 0.610 bits per heavy atom. The van der Waals surface area contributed by atoms with E-state index in [0.717, 1.165) is 31.3 Å². The normalized spacial score (nSPS) is 9.29. The summed E-state index contributed by atoms with van der Waals surface area (Å²) in [5.74, 6) is 1.54. The molecule has 0 N–H and O–H groups in total. The van der Waals surface area contributed by atoms with Crippen molar-refractivity contribution in [3.8, 4) is 0 Å². The quantitative estimate of drug-likeness (QED) is 0.197. The van der Waals surface area contributed by atoms with Gasteiger partial charge in [0.05, 0.1) is 13.6 Å². The molecule has 9 nitrogen and oxygen atoms in total. The highest BCUT2D eigenvalue weighted by Crippen LogP contribution is 2.28. The molecular formula is C30H63O9PS. The van der Waals surface area contributed by atoms with Crippen molar-refractivity contribution in [3.05, 3.63) is 0 Å². The van der Waals surface area contributed by atoms with Gasteiger partial charge in [0.25, 0.3) is 0 Å². The Balaban J connectivity index is -0.0000000669. The van der Waals surface area contributed by atoms with E-state index >= 15 is 0 Å². The average Bonchev–Trinajstić information content (AvgIpc) is 2.64. The lowest BCUT2D eigenvalue weighted by atomic mass is 10.1. The van der Waals surface area contributed by atoms with Crippen LogP contribution in [0.25, 0.3) is 0 Å². The Labute approximate surface area is 252 Å². The van der Waals surface area contributed by atoms with E-state index in [1.165, 1.54) is 34.1 Å². The molecule has 248 valence electrons. The van der Waals surface area contributed by atoms with Gasteiger partial charge in [-0.05, 0) is 87.2 Å². The van der Waals surface area contributed by atoms with Crippen LogP contribution in [0.1, 0.15) is 121 Å². The predicted octanol–water partition coefficient (Wildman–Crippen LogP) is 6.81. The van der Waals surface area contributed by atoms with E-state index in [-0.39, 0.29) is 41.1 Å². The van der Waals surface area contributed by atoms with Crippen LogP contribution in [0, 0.1) is 5.92 Å². The summed E-state index contributed by atoms with van der Waals surface area (Å²) >= 11 is 0. The monoisotopic (exact) mass is 630 g/mol. The molecule has 41 heavy (non-hydrogen) atoms. The van der Waals surface area contributed by atoms with Crippen LogP contribution < -0.4 is 0 Å². The van der Waals surface area contributed by atoms with Gasteiger partial charge < -0.3 is 23.7 Å². The molecule has 0 aromatic heterocycles. The Hall–Kier alpha value is -1.80. The topological polar surface area (TPSA) is 154 Å². The standard InChI is InChI=1S/C7H12O2.C5H8O2.C5H10O.C5H12.C3H9OP.C3H6O.C2H6O2S/c1-6(8)4-3-5-7(2)9;1-4(6)3-5(2)7;1-3-4-5(2)6;1-4-5(2)3;1-5(2,3)4;1-3(2)4;1-5(2,3)4/h3-5H2,1-2H3;3H2,1-2H3;3-4H2,1-2H3;5H,4H2,1-3H3;1-3H3;1-2H3;1-2H3. The van der Waals surface area contributed by atoms with Crippen molar-refractivity contribution in [2.24, 2.45) is 5.92 Å². The fourth-order valence-electron chi connectivity index (χ4n) is 1.29. The Kier molecular flexibility index (Phi) is 48.7. The first kappa shape index (κ1) is 55.2. The number of carbonyl (C=O) groups excluding carboxylic acids is 6. The van der Waals surface area contributed by atoms with Gasteiger partial charge in [0.2, 0.25) is 0 Å². The minimum atomic E-state index is -2.67. The number of Topliss-reactive ketones (excluding diaryl/α,β-unsaturated/α-hetero) is 6. The second-order valence-corrected chi connectivity index (χ2v) is 17.1. The van der Waals surface area contributed by atoms with Crippen molar-refractivity contribution >= 4 is 51.7 Å². The van der Waals surface area contributed by atoms with Gasteiger partial charge in [-0.1, -0.05) is 34.1 Å². The zero-order valence-electron chi connectivity index (χ0n) is 29.1. The fourth-order valence-corrected chi connectivity index (χ4v) is 1.29. The predicted molar refractivity (Wildman–Crippen MR) is 174 cm³/mol. The van der Waals surface area contributed by atoms with Crippen LogP contribution in [0.5, 0.6) is 0 Å². The van der Waals surface area contributed by atoms with Gasteiger partial charge in [0.1, 0.15) is 44.5 Å². The van der Waals surface area contributed by atoms with Gasteiger partial charge >= 0.3 is 0 Å². The molecule has 0 aromatic carbocycles. The number of hydrogen-bond donors (Lipinski definition) is 0. The summed E-state index contributed by atoms with van der Waals surface area (Å²) in [6.07, 6.45) is 7.22. The van der Waals surface area contributed by atoms with Gasteiger partial charge in [0, 0.05) is 31.8 Å². The maximum absolute atomic E-state index is 10.3. The molecule has 0 amide bonds. The lowest BCUT2D eigenvalue weighted by Crippen LogP contribution is -1.97. The van der Waals surface area contributed by atoms with E-state index in [1.54, 1.807) is 40.8 Å². The molecule has 0 saturated carbocycles.